The van der Waals surface area contributed by atoms with Gasteiger partial charge in [0.25, 0.3) is 0 Å². The van der Waals surface area contributed by atoms with E-state index in [-0.39, 0.29) is 0 Å². The molecule has 0 aromatic carbocycles. The van der Waals surface area contributed by atoms with Crippen molar-refractivity contribution in [3.63, 3.8) is 0 Å². The van der Waals surface area contributed by atoms with E-state index in [0.717, 1.165) is 0 Å². The van der Waals surface area contributed by atoms with Crippen LogP contribution in [0.3, 0.4) is 0 Å². The van der Waals surface area contributed by atoms with Gasteiger partial charge in [0.15, 0.2) is 0 Å². The zero-order chi connectivity index (χ0) is 8.20. The van der Waals surface area contributed by atoms with E-state index in [4.69, 9.17) is 0 Å². The standard InChI is InChI=1S/C9H16O/c1-8(2)6-5-7-9(3,4)10/h5-7,10H,1-4H3. The first-order valence-electron chi connectivity index (χ1n) is 3.47. The molecule has 0 rings (SSSR count). The molecule has 0 aliphatic rings. The number of aliphatic hydroxyl groups is 1. The van der Waals surface area contributed by atoms with Crippen LogP contribution in [-0.4, -0.2) is 10.7 Å². The summed E-state index contributed by atoms with van der Waals surface area (Å²) in [7, 11) is 0. The molecule has 0 fully saturated rings. The molecular formula is C9H16O. The van der Waals surface area contributed by atoms with E-state index in [2.05, 4.69) is 0 Å². The van der Waals surface area contributed by atoms with Crippen LogP contribution in [-0.2, 0) is 0 Å². The fraction of sp³-hybridized carbons (Fsp3) is 0.556. The highest BCUT2D eigenvalue weighted by atomic mass is 16.3. The fourth-order valence-corrected chi connectivity index (χ4v) is 0.476. The summed E-state index contributed by atoms with van der Waals surface area (Å²) in [6, 6.07) is 0. The van der Waals surface area contributed by atoms with E-state index in [1.54, 1.807) is 19.9 Å². The van der Waals surface area contributed by atoms with Gasteiger partial charge in [0, 0.05) is 0 Å². The lowest BCUT2D eigenvalue weighted by Crippen LogP contribution is -2.13. The quantitative estimate of drug-likeness (QED) is 0.583. The van der Waals surface area contributed by atoms with Crippen LogP contribution < -0.4 is 0 Å². The summed E-state index contributed by atoms with van der Waals surface area (Å²) in [5.74, 6) is 0. The van der Waals surface area contributed by atoms with Crippen LogP contribution in [0.2, 0.25) is 0 Å². The summed E-state index contributed by atoms with van der Waals surface area (Å²) < 4.78 is 0. The fourth-order valence-electron chi connectivity index (χ4n) is 0.476. The topological polar surface area (TPSA) is 20.2 Å². The van der Waals surface area contributed by atoms with Gasteiger partial charge in [0.1, 0.15) is 0 Å². The Morgan fingerprint density at radius 3 is 2.10 bits per heavy atom. The smallest absolute Gasteiger partial charge is 0.0774 e. The lowest BCUT2D eigenvalue weighted by atomic mass is 10.1. The van der Waals surface area contributed by atoms with Crippen molar-refractivity contribution in [2.75, 3.05) is 0 Å². The molecular weight excluding hydrogens is 124 g/mol. The molecule has 1 N–H and O–H groups in total. The van der Waals surface area contributed by atoms with Gasteiger partial charge in [-0.2, -0.15) is 0 Å². The third kappa shape index (κ3) is 7.44. The molecule has 0 radical (unpaired) electrons. The molecule has 10 heavy (non-hydrogen) atoms. The molecule has 0 saturated carbocycles. The van der Waals surface area contributed by atoms with Crippen molar-refractivity contribution in [3.8, 4) is 0 Å². The normalized spacial score (nSPS) is 12.1. The minimum absolute atomic E-state index is 0.689. The Morgan fingerprint density at radius 2 is 1.80 bits per heavy atom. The van der Waals surface area contributed by atoms with E-state index in [1.807, 2.05) is 26.0 Å². The molecule has 0 aliphatic heterocycles. The minimum atomic E-state index is -0.689. The maximum Gasteiger partial charge on any atom is 0.0774 e. The van der Waals surface area contributed by atoms with Gasteiger partial charge in [0.2, 0.25) is 0 Å². The maximum atomic E-state index is 9.21. The Bertz CT molecular complexity index is 143. The van der Waals surface area contributed by atoms with Crippen molar-refractivity contribution in [3.05, 3.63) is 23.8 Å². The molecule has 0 atom stereocenters. The molecule has 1 heteroatoms. The predicted molar refractivity (Wildman–Crippen MR) is 44.9 cm³/mol. The van der Waals surface area contributed by atoms with E-state index in [9.17, 15) is 5.11 Å². The predicted octanol–water partition coefficient (Wildman–Crippen LogP) is 2.28. The highest BCUT2D eigenvalue weighted by Gasteiger charge is 2.03. The van der Waals surface area contributed by atoms with Gasteiger partial charge >= 0.3 is 0 Å². The van der Waals surface area contributed by atoms with E-state index in [1.165, 1.54) is 5.57 Å². The Balaban J connectivity index is 3.90. The molecule has 0 aliphatic carbocycles. The van der Waals surface area contributed by atoms with Crippen molar-refractivity contribution in [2.45, 2.75) is 33.3 Å². The van der Waals surface area contributed by atoms with Crippen molar-refractivity contribution < 1.29 is 5.11 Å². The summed E-state index contributed by atoms with van der Waals surface area (Å²) in [6.45, 7) is 7.55. The Morgan fingerprint density at radius 1 is 1.30 bits per heavy atom. The lowest BCUT2D eigenvalue weighted by Gasteiger charge is -2.08. The molecule has 1 nitrogen and oxygen atoms in total. The highest BCUT2D eigenvalue weighted by Crippen LogP contribution is 2.02. The highest BCUT2D eigenvalue weighted by molar-refractivity contribution is 5.11. The molecule has 0 saturated heterocycles. The molecule has 0 aromatic heterocycles. The zero-order valence-corrected chi connectivity index (χ0v) is 7.18. The number of hydrogen-bond donors (Lipinski definition) is 1. The van der Waals surface area contributed by atoms with Gasteiger partial charge in [0.05, 0.1) is 5.60 Å². The Hall–Kier alpha value is -0.560. The largest absolute Gasteiger partial charge is 0.386 e. The first-order chi connectivity index (χ1) is 4.42. The SMILES string of the molecule is CC(C)=CC=CC(C)(C)O. The van der Waals surface area contributed by atoms with Gasteiger partial charge in [-0.1, -0.05) is 23.8 Å². The van der Waals surface area contributed by atoms with Crippen LogP contribution >= 0.6 is 0 Å². The van der Waals surface area contributed by atoms with Crippen molar-refractivity contribution in [2.24, 2.45) is 0 Å². The maximum absolute atomic E-state index is 9.21. The molecule has 0 heterocycles. The van der Waals surface area contributed by atoms with Gasteiger partial charge in [-0.15, -0.1) is 0 Å². The molecule has 0 unspecified atom stereocenters. The van der Waals surface area contributed by atoms with Gasteiger partial charge < -0.3 is 5.11 Å². The Labute approximate surface area is 63.1 Å². The summed E-state index contributed by atoms with van der Waals surface area (Å²) in [5, 5.41) is 9.21. The average Bonchev–Trinajstić information content (AvgIpc) is 1.59. The summed E-state index contributed by atoms with van der Waals surface area (Å²) in [5.41, 5.74) is 0.548. The van der Waals surface area contributed by atoms with Crippen molar-refractivity contribution in [1.29, 1.82) is 0 Å². The molecule has 0 bridgehead atoms. The van der Waals surface area contributed by atoms with Crippen LogP contribution in [0.5, 0.6) is 0 Å². The number of allylic oxidation sites excluding steroid dienone is 3. The summed E-state index contributed by atoms with van der Waals surface area (Å²) in [4.78, 5) is 0. The summed E-state index contributed by atoms with van der Waals surface area (Å²) in [6.07, 6.45) is 5.60. The second-order valence-electron chi connectivity index (χ2n) is 3.26. The van der Waals surface area contributed by atoms with Gasteiger partial charge in [-0.05, 0) is 27.7 Å². The zero-order valence-electron chi connectivity index (χ0n) is 7.18. The van der Waals surface area contributed by atoms with Crippen LogP contribution in [0.15, 0.2) is 23.8 Å². The minimum Gasteiger partial charge on any atom is -0.386 e. The first-order valence-corrected chi connectivity index (χ1v) is 3.47. The van der Waals surface area contributed by atoms with Crippen LogP contribution in [0.25, 0.3) is 0 Å². The number of rotatable bonds is 2. The monoisotopic (exact) mass is 140 g/mol. The second kappa shape index (κ2) is 3.57. The average molecular weight is 140 g/mol. The molecule has 0 amide bonds. The lowest BCUT2D eigenvalue weighted by molar-refractivity contribution is 0.133. The van der Waals surface area contributed by atoms with Crippen LogP contribution in [0, 0.1) is 0 Å². The Kier molecular flexibility index (Phi) is 3.37. The molecule has 0 aromatic rings. The van der Waals surface area contributed by atoms with E-state index in [0.29, 0.717) is 0 Å². The van der Waals surface area contributed by atoms with Crippen LogP contribution in [0.4, 0.5) is 0 Å². The van der Waals surface area contributed by atoms with Gasteiger partial charge in [-0.25, -0.2) is 0 Å². The van der Waals surface area contributed by atoms with Crippen molar-refractivity contribution >= 4 is 0 Å². The first kappa shape index (κ1) is 9.44. The molecule has 58 valence electrons. The van der Waals surface area contributed by atoms with E-state index >= 15 is 0 Å². The second-order valence-corrected chi connectivity index (χ2v) is 3.26. The van der Waals surface area contributed by atoms with E-state index < -0.39 is 5.60 Å². The number of hydrogen-bond acceptors (Lipinski definition) is 1. The summed E-state index contributed by atoms with van der Waals surface area (Å²) >= 11 is 0. The third-order valence-corrected chi connectivity index (χ3v) is 0.934. The van der Waals surface area contributed by atoms with Crippen molar-refractivity contribution in [1.82, 2.24) is 0 Å². The van der Waals surface area contributed by atoms with Gasteiger partial charge in [-0.3, -0.25) is 0 Å². The molecule has 0 spiro atoms. The van der Waals surface area contributed by atoms with Crippen LogP contribution in [0.1, 0.15) is 27.7 Å². The third-order valence-electron chi connectivity index (χ3n) is 0.934.